The van der Waals surface area contributed by atoms with Gasteiger partial charge in [0.15, 0.2) is 0 Å². The summed E-state index contributed by atoms with van der Waals surface area (Å²) in [5.41, 5.74) is -0.288. The average Bonchev–Trinajstić information content (AvgIpc) is 3.72. The van der Waals surface area contributed by atoms with Gasteiger partial charge in [0.25, 0.3) is 5.69 Å². The highest BCUT2D eigenvalue weighted by Crippen LogP contribution is 2.59. The van der Waals surface area contributed by atoms with E-state index in [1.807, 2.05) is 4.90 Å². The van der Waals surface area contributed by atoms with Crippen LogP contribution in [0.1, 0.15) is 52.7 Å². The van der Waals surface area contributed by atoms with Crippen molar-refractivity contribution >= 4 is 46.5 Å². The number of hydrogen-bond donors (Lipinski definition) is 3. The summed E-state index contributed by atoms with van der Waals surface area (Å²) in [6.45, 7) is 1.98. The smallest absolute Gasteiger partial charge is 0.338 e. The lowest BCUT2D eigenvalue weighted by molar-refractivity contribution is -0.385. The van der Waals surface area contributed by atoms with Gasteiger partial charge >= 0.3 is 5.97 Å². The number of carbonyl (C=O) groups is 2. The Labute approximate surface area is 268 Å². The van der Waals surface area contributed by atoms with Gasteiger partial charge < -0.3 is 20.5 Å². The summed E-state index contributed by atoms with van der Waals surface area (Å²) in [6, 6.07) is 12.2. The second-order valence-corrected chi connectivity index (χ2v) is 12.7. The number of nitrogens with zero attached hydrogens (tertiary/aromatic N) is 2. The average molecular weight is 658 g/mol. The van der Waals surface area contributed by atoms with Crippen LogP contribution in [0.4, 0.5) is 15.8 Å². The molecule has 1 aliphatic carbocycles. The van der Waals surface area contributed by atoms with Crippen molar-refractivity contribution in [3.8, 4) is 0 Å². The zero-order chi connectivity index (χ0) is 32.2. The molecule has 10 nitrogen and oxygen atoms in total. The van der Waals surface area contributed by atoms with E-state index in [1.165, 1.54) is 25.3 Å². The number of benzene rings is 3. The van der Waals surface area contributed by atoms with Crippen molar-refractivity contribution in [2.45, 2.75) is 56.0 Å². The highest BCUT2D eigenvalue weighted by Gasteiger charge is 2.68. The molecule has 1 spiro atoms. The lowest BCUT2D eigenvalue weighted by atomic mass is 9.73. The third-order valence-corrected chi connectivity index (χ3v) is 9.70. The number of carbonyl (C=O) groups excluding carboxylic acids is 2. The van der Waals surface area contributed by atoms with Crippen molar-refractivity contribution in [1.29, 1.82) is 0 Å². The molecule has 45 heavy (non-hydrogen) atoms. The molecular formula is C32H31Cl2FN4O6. The Morgan fingerprint density at radius 2 is 2.00 bits per heavy atom. The Balaban J connectivity index is 1.54. The van der Waals surface area contributed by atoms with E-state index in [9.17, 15) is 24.8 Å². The third-order valence-electron chi connectivity index (χ3n) is 9.17. The van der Waals surface area contributed by atoms with E-state index in [2.05, 4.69) is 10.6 Å². The molecule has 2 fully saturated rings. The molecule has 5 atom stereocenters. The van der Waals surface area contributed by atoms with E-state index in [0.717, 1.165) is 18.9 Å². The molecule has 13 heteroatoms. The second-order valence-electron chi connectivity index (χ2n) is 11.9. The first kappa shape index (κ1) is 31.4. The van der Waals surface area contributed by atoms with Crippen LogP contribution in [0.15, 0.2) is 54.6 Å². The maximum absolute atomic E-state index is 16.1. The number of nitrogens with one attached hydrogen (secondary N) is 2. The van der Waals surface area contributed by atoms with E-state index < -0.39 is 52.3 Å². The lowest BCUT2D eigenvalue weighted by Gasteiger charge is -2.40. The molecule has 3 N–H and O–H groups in total. The van der Waals surface area contributed by atoms with Crippen LogP contribution < -0.4 is 10.6 Å². The predicted molar refractivity (Wildman–Crippen MR) is 166 cm³/mol. The van der Waals surface area contributed by atoms with E-state index in [-0.39, 0.29) is 39.9 Å². The van der Waals surface area contributed by atoms with Gasteiger partial charge in [-0.3, -0.25) is 19.8 Å². The number of aliphatic hydroxyl groups excluding tert-OH is 1. The molecule has 236 valence electrons. The van der Waals surface area contributed by atoms with Gasteiger partial charge in [0.05, 0.1) is 34.8 Å². The minimum Gasteiger partial charge on any atom is -0.465 e. The summed E-state index contributed by atoms with van der Waals surface area (Å²) < 4.78 is 20.8. The van der Waals surface area contributed by atoms with Gasteiger partial charge in [-0.1, -0.05) is 47.5 Å². The van der Waals surface area contributed by atoms with Crippen molar-refractivity contribution in [1.82, 2.24) is 10.2 Å². The van der Waals surface area contributed by atoms with Crippen LogP contribution >= 0.6 is 23.2 Å². The zero-order valence-electron chi connectivity index (χ0n) is 24.4. The minimum absolute atomic E-state index is 0.0157. The number of methoxy groups -OCH3 is 1. The number of likely N-dealkylation sites (tertiary alicyclic amines) is 1. The number of aliphatic hydroxyl groups is 1. The van der Waals surface area contributed by atoms with Gasteiger partial charge in [0.1, 0.15) is 11.4 Å². The van der Waals surface area contributed by atoms with Crippen LogP contribution in [0.3, 0.4) is 0 Å². The quantitative estimate of drug-likeness (QED) is 0.159. The monoisotopic (exact) mass is 656 g/mol. The summed E-state index contributed by atoms with van der Waals surface area (Å²) in [7, 11) is 1.18. The molecule has 1 amide bonds. The van der Waals surface area contributed by atoms with Crippen LogP contribution in [0.25, 0.3) is 0 Å². The van der Waals surface area contributed by atoms with E-state index >= 15 is 4.39 Å². The predicted octanol–water partition coefficient (Wildman–Crippen LogP) is 5.39. The Hall–Kier alpha value is -3.61. The first-order valence-electron chi connectivity index (χ1n) is 14.6. The Bertz CT molecular complexity index is 1700. The summed E-state index contributed by atoms with van der Waals surface area (Å²) in [5.74, 6) is -2.49. The molecular weight excluding hydrogens is 626 g/mol. The maximum Gasteiger partial charge on any atom is 0.338 e. The van der Waals surface area contributed by atoms with E-state index in [0.29, 0.717) is 22.8 Å². The summed E-state index contributed by atoms with van der Waals surface area (Å²) >= 11 is 12.6. The number of esters is 1. The molecule has 6 rings (SSSR count). The van der Waals surface area contributed by atoms with Crippen molar-refractivity contribution in [2.24, 2.45) is 5.92 Å². The highest BCUT2D eigenvalue weighted by atomic mass is 35.5. The third kappa shape index (κ3) is 5.26. The van der Waals surface area contributed by atoms with Gasteiger partial charge in [-0.25, -0.2) is 9.18 Å². The Kier molecular flexibility index (Phi) is 8.34. The molecule has 0 aromatic heterocycles. The second kappa shape index (κ2) is 12.0. The van der Waals surface area contributed by atoms with E-state index in [1.54, 1.807) is 37.3 Å². The molecule has 3 aliphatic rings. The number of nitro groups is 1. The fraction of sp³-hybridized carbons (Fsp3) is 0.375. The van der Waals surface area contributed by atoms with Crippen molar-refractivity contribution in [2.75, 3.05) is 19.0 Å². The number of nitro benzene ring substituents is 1. The number of anilines is 1. The molecule has 0 radical (unpaired) electrons. The van der Waals surface area contributed by atoms with Crippen LogP contribution in [-0.2, 0) is 21.6 Å². The number of hydrogen-bond acceptors (Lipinski definition) is 8. The largest absolute Gasteiger partial charge is 0.465 e. The van der Waals surface area contributed by atoms with Gasteiger partial charge in [0, 0.05) is 53.0 Å². The zero-order valence-corrected chi connectivity index (χ0v) is 25.9. The van der Waals surface area contributed by atoms with Gasteiger partial charge in [-0.2, -0.15) is 0 Å². The Morgan fingerprint density at radius 3 is 2.67 bits per heavy atom. The van der Waals surface area contributed by atoms with Gasteiger partial charge in [-0.05, 0) is 55.5 Å². The Morgan fingerprint density at radius 1 is 1.24 bits per heavy atom. The number of rotatable bonds is 9. The molecule has 1 saturated carbocycles. The normalized spacial score (nSPS) is 24.8. The number of fused-ring (bicyclic) bond motifs is 2. The fourth-order valence-electron chi connectivity index (χ4n) is 7.13. The van der Waals surface area contributed by atoms with Crippen LogP contribution in [0.5, 0.6) is 0 Å². The highest BCUT2D eigenvalue weighted by molar-refractivity contribution is 6.31. The molecule has 1 saturated heterocycles. The molecule has 2 heterocycles. The first-order chi connectivity index (χ1) is 21.5. The molecule has 0 bridgehead atoms. The molecule has 3 unspecified atom stereocenters. The van der Waals surface area contributed by atoms with E-state index in [4.69, 9.17) is 27.9 Å². The topological polar surface area (TPSA) is 134 Å². The number of ether oxygens (including phenoxy) is 1. The SMILES string of the molecule is COC(=O)c1ccc(CNC2C([C@@H](C)O)N(CC3CC3)[C@]3(C(=O)Nc4cc(Cl)ccc43)C2c2cccc(Cl)c2F)c([N+](=O)[O-])c1. The fourth-order valence-corrected chi connectivity index (χ4v) is 7.48. The van der Waals surface area contributed by atoms with Crippen molar-refractivity contribution in [3.05, 3.63) is 103 Å². The number of halogens is 3. The number of amides is 1. The van der Waals surface area contributed by atoms with Crippen molar-refractivity contribution in [3.63, 3.8) is 0 Å². The van der Waals surface area contributed by atoms with Gasteiger partial charge in [0.2, 0.25) is 5.91 Å². The van der Waals surface area contributed by atoms with Gasteiger partial charge in [-0.15, -0.1) is 0 Å². The minimum atomic E-state index is -1.48. The van der Waals surface area contributed by atoms with Crippen molar-refractivity contribution < 1.29 is 28.7 Å². The standard InChI is InChI=1S/C32H31Cl2FN4O6/c1-16(40)29-28(36-14-19-9-8-18(30(41)45-2)12-25(19)39(43)44)26(21-4-3-5-23(34)27(21)35)32(38(29)15-17-6-7-17)22-11-10-20(33)13-24(22)37-31(32)42/h3-5,8-13,16-17,26,28-29,36,40H,6-7,14-15H2,1-2H3,(H,37,42)/t16-,26?,28?,29?,32+/m1/s1. The summed E-state index contributed by atoms with van der Waals surface area (Å²) in [6.07, 6.45) is 0.883. The first-order valence-corrected chi connectivity index (χ1v) is 15.3. The van der Waals surface area contributed by atoms with Crippen LogP contribution in [0, 0.1) is 21.8 Å². The van der Waals surface area contributed by atoms with Crippen LogP contribution in [0.2, 0.25) is 10.0 Å². The lowest BCUT2D eigenvalue weighted by Crippen LogP contribution is -2.55. The molecule has 3 aromatic rings. The molecule has 2 aliphatic heterocycles. The maximum atomic E-state index is 16.1. The summed E-state index contributed by atoms with van der Waals surface area (Å²) in [4.78, 5) is 40.0. The molecule has 3 aromatic carbocycles. The van der Waals surface area contributed by atoms with Crippen LogP contribution in [-0.4, -0.2) is 58.6 Å². The summed E-state index contributed by atoms with van der Waals surface area (Å²) in [5, 5.41) is 30.1.